The van der Waals surface area contributed by atoms with Crippen LogP contribution in [0.2, 0.25) is 5.02 Å². The highest BCUT2D eigenvalue weighted by Gasteiger charge is 2.39. The SMILES string of the molecule is COc1ccc(N2C(=O)C(Cl)=C(c3ccccc3)C2=O)cc1Cl. The Kier molecular flexibility index (Phi) is 4.11. The number of benzene rings is 2. The first-order valence-corrected chi connectivity index (χ1v) is 7.47. The summed E-state index contributed by atoms with van der Waals surface area (Å²) in [6.45, 7) is 0. The highest BCUT2D eigenvalue weighted by Crippen LogP contribution is 2.37. The molecule has 0 spiro atoms. The number of hydrogen-bond acceptors (Lipinski definition) is 3. The molecule has 0 N–H and O–H groups in total. The Bertz CT molecular complexity index is 831. The lowest BCUT2D eigenvalue weighted by atomic mass is 10.1. The van der Waals surface area contributed by atoms with E-state index < -0.39 is 11.8 Å². The van der Waals surface area contributed by atoms with Crippen LogP contribution in [0, 0.1) is 0 Å². The summed E-state index contributed by atoms with van der Waals surface area (Å²) in [6.07, 6.45) is 0. The van der Waals surface area contributed by atoms with E-state index in [9.17, 15) is 9.59 Å². The monoisotopic (exact) mass is 347 g/mol. The molecule has 6 heteroatoms. The van der Waals surface area contributed by atoms with E-state index in [-0.39, 0.29) is 10.6 Å². The molecule has 0 aromatic heterocycles. The quantitative estimate of drug-likeness (QED) is 0.791. The number of halogens is 2. The van der Waals surface area contributed by atoms with Crippen LogP contribution in [0.25, 0.3) is 5.57 Å². The zero-order valence-electron chi connectivity index (χ0n) is 12.0. The zero-order valence-corrected chi connectivity index (χ0v) is 13.6. The molecule has 1 aliphatic rings. The van der Waals surface area contributed by atoms with Crippen molar-refractivity contribution in [2.45, 2.75) is 0 Å². The van der Waals surface area contributed by atoms with Crippen LogP contribution >= 0.6 is 23.2 Å². The maximum absolute atomic E-state index is 12.7. The Morgan fingerprint density at radius 2 is 1.65 bits per heavy atom. The first kappa shape index (κ1) is 15.6. The van der Waals surface area contributed by atoms with Crippen molar-refractivity contribution >= 4 is 46.3 Å². The molecule has 0 bridgehead atoms. The molecule has 0 unspecified atom stereocenters. The van der Waals surface area contributed by atoms with E-state index in [4.69, 9.17) is 27.9 Å². The van der Waals surface area contributed by atoms with Gasteiger partial charge in [0.25, 0.3) is 11.8 Å². The van der Waals surface area contributed by atoms with Crippen LogP contribution < -0.4 is 9.64 Å². The molecular weight excluding hydrogens is 337 g/mol. The Morgan fingerprint density at radius 3 is 2.26 bits per heavy atom. The Morgan fingerprint density at radius 1 is 0.957 bits per heavy atom. The second kappa shape index (κ2) is 6.07. The van der Waals surface area contributed by atoms with Gasteiger partial charge in [0.1, 0.15) is 10.8 Å². The van der Waals surface area contributed by atoms with Gasteiger partial charge in [0.2, 0.25) is 0 Å². The molecule has 2 amide bonds. The summed E-state index contributed by atoms with van der Waals surface area (Å²) in [4.78, 5) is 26.1. The molecule has 23 heavy (non-hydrogen) atoms. The number of ether oxygens (including phenoxy) is 1. The van der Waals surface area contributed by atoms with Crippen LogP contribution in [-0.2, 0) is 9.59 Å². The largest absolute Gasteiger partial charge is 0.495 e. The number of rotatable bonds is 3. The molecule has 2 aromatic rings. The molecule has 116 valence electrons. The highest BCUT2D eigenvalue weighted by atomic mass is 35.5. The maximum Gasteiger partial charge on any atom is 0.277 e. The maximum atomic E-state index is 12.7. The van der Waals surface area contributed by atoms with Crippen LogP contribution in [0.3, 0.4) is 0 Å². The fourth-order valence-corrected chi connectivity index (χ4v) is 2.91. The van der Waals surface area contributed by atoms with Crippen LogP contribution in [0.5, 0.6) is 5.75 Å². The first-order valence-electron chi connectivity index (χ1n) is 6.72. The fourth-order valence-electron chi connectivity index (χ4n) is 2.39. The van der Waals surface area contributed by atoms with Crippen molar-refractivity contribution in [3.05, 3.63) is 64.1 Å². The standard InChI is InChI=1S/C17H11Cl2NO3/c1-23-13-8-7-11(9-12(13)18)20-16(21)14(15(19)17(20)22)10-5-3-2-4-6-10/h2-9H,1H3. The molecule has 3 rings (SSSR count). The van der Waals surface area contributed by atoms with E-state index in [0.717, 1.165) is 4.90 Å². The molecule has 0 aliphatic carbocycles. The minimum atomic E-state index is -0.572. The Hall–Kier alpha value is -2.30. The smallest absolute Gasteiger partial charge is 0.277 e. The van der Waals surface area contributed by atoms with Gasteiger partial charge in [-0.1, -0.05) is 53.5 Å². The van der Waals surface area contributed by atoms with Crippen LogP contribution in [-0.4, -0.2) is 18.9 Å². The predicted molar refractivity (Wildman–Crippen MR) is 89.7 cm³/mol. The number of amides is 2. The minimum absolute atomic E-state index is 0.104. The first-order chi connectivity index (χ1) is 11.0. The van der Waals surface area contributed by atoms with E-state index in [1.54, 1.807) is 36.4 Å². The third-order valence-corrected chi connectivity index (χ3v) is 4.13. The summed E-state index contributed by atoms with van der Waals surface area (Å²) >= 11 is 12.2. The highest BCUT2D eigenvalue weighted by molar-refractivity contribution is 6.60. The van der Waals surface area contributed by atoms with Crippen molar-refractivity contribution in [2.24, 2.45) is 0 Å². The normalized spacial score (nSPS) is 14.7. The molecule has 1 heterocycles. The van der Waals surface area contributed by atoms with Crippen molar-refractivity contribution < 1.29 is 14.3 Å². The lowest BCUT2D eigenvalue weighted by Crippen LogP contribution is -2.31. The average Bonchev–Trinajstić information content (AvgIpc) is 2.78. The molecule has 1 aliphatic heterocycles. The Labute approximate surface area is 142 Å². The molecule has 0 saturated carbocycles. The molecule has 0 saturated heterocycles. The van der Waals surface area contributed by atoms with Gasteiger partial charge in [0.15, 0.2) is 0 Å². The second-order valence-electron chi connectivity index (χ2n) is 4.82. The van der Waals surface area contributed by atoms with Gasteiger partial charge in [-0.25, -0.2) is 4.90 Å². The van der Waals surface area contributed by atoms with Crippen molar-refractivity contribution in [3.63, 3.8) is 0 Å². The fraction of sp³-hybridized carbons (Fsp3) is 0.0588. The summed E-state index contributed by atoms with van der Waals surface area (Å²) in [6, 6.07) is 13.5. The number of hydrogen-bond donors (Lipinski definition) is 0. The van der Waals surface area contributed by atoms with E-state index in [1.807, 2.05) is 6.07 Å². The van der Waals surface area contributed by atoms with E-state index in [1.165, 1.54) is 13.2 Å². The van der Waals surface area contributed by atoms with Gasteiger partial charge >= 0.3 is 0 Å². The van der Waals surface area contributed by atoms with E-state index in [0.29, 0.717) is 22.0 Å². The lowest BCUT2D eigenvalue weighted by Gasteiger charge is -2.16. The summed E-state index contributed by atoms with van der Waals surface area (Å²) in [5.41, 5.74) is 1.12. The molecule has 2 aromatic carbocycles. The average molecular weight is 348 g/mol. The van der Waals surface area contributed by atoms with E-state index in [2.05, 4.69) is 0 Å². The van der Waals surface area contributed by atoms with E-state index >= 15 is 0 Å². The number of carbonyl (C=O) groups excluding carboxylic acids is 2. The topological polar surface area (TPSA) is 46.6 Å². The lowest BCUT2D eigenvalue weighted by molar-refractivity contribution is -0.119. The van der Waals surface area contributed by atoms with Gasteiger partial charge in [-0.2, -0.15) is 0 Å². The van der Waals surface area contributed by atoms with Crippen LogP contribution in [0.1, 0.15) is 5.56 Å². The van der Waals surface area contributed by atoms with Crippen molar-refractivity contribution in [2.75, 3.05) is 12.0 Å². The van der Waals surface area contributed by atoms with Gasteiger partial charge in [0.05, 0.1) is 23.4 Å². The number of nitrogens with zero attached hydrogens (tertiary/aromatic N) is 1. The van der Waals surface area contributed by atoms with Gasteiger partial charge < -0.3 is 4.74 Å². The van der Waals surface area contributed by atoms with Crippen LogP contribution in [0.15, 0.2) is 53.6 Å². The molecule has 4 nitrogen and oxygen atoms in total. The third-order valence-electron chi connectivity index (χ3n) is 3.48. The zero-order chi connectivity index (χ0) is 16.6. The van der Waals surface area contributed by atoms with Gasteiger partial charge in [0, 0.05) is 0 Å². The van der Waals surface area contributed by atoms with Crippen LogP contribution in [0.4, 0.5) is 5.69 Å². The summed E-state index contributed by atoms with van der Waals surface area (Å²) in [7, 11) is 1.49. The van der Waals surface area contributed by atoms with Gasteiger partial charge in [-0.05, 0) is 23.8 Å². The molecular formula is C17H11Cl2NO3. The Balaban J connectivity index is 2.03. The van der Waals surface area contributed by atoms with Gasteiger partial charge in [-0.3, -0.25) is 9.59 Å². The third kappa shape index (κ3) is 2.60. The van der Waals surface area contributed by atoms with Crippen molar-refractivity contribution in [1.29, 1.82) is 0 Å². The van der Waals surface area contributed by atoms with Crippen molar-refractivity contribution in [1.82, 2.24) is 0 Å². The summed E-state index contributed by atoms with van der Waals surface area (Å²) < 4.78 is 5.07. The summed E-state index contributed by atoms with van der Waals surface area (Å²) in [5.74, 6) is -0.596. The number of methoxy groups -OCH3 is 1. The molecule has 0 radical (unpaired) electrons. The number of carbonyl (C=O) groups is 2. The predicted octanol–water partition coefficient (Wildman–Crippen LogP) is 3.87. The molecule has 0 fully saturated rings. The minimum Gasteiger partial charge on any atom is -0.495 e. The second-order valence-corrected chi connectivity index (χ2v) is 5.60. The number of anilines is 1. The number of imide groups is 1. The van der Waals surface area contributed by atoms with Gasteiger partial charge in [-0.15, -0.1) is 0 Å². The molecule has 0 atom stereocenters. The summed E-state index contributed by atoms with van der Waals surface area (Å²) in [5, 5.41) is 0.197. The van der Waals surface area contributed by atoms with Crippen molar-refractivity contribution in [3.8, 4) is 5.75 Å².